The number of carbonyl (C=O) groups is 1. The van der Waals surface area contributed by atoms with Gasteiger partial charge in [0.1, 0.15) is 11.4 Å². The third-order valence-electron chi connectivity index (χ3n) is 2.46. The van der Waals surface area contributed by atoms with Gasteiger partial charge in [0.25, 0.3) is 5.91 Å². The summed E-state index contributed by atoms with van der Waals surface area (Å²) in [6, 6.07) is 9.70. The molecule has 0 aliphatic rings. The van der Waals surface area contributed by atoms with Crippen LogP contribution < -0.4 is 16.2 Å². The number of hydrogen-bond donors (Lipinski definition) is 3. The molecule has 0 unspecified atom stereocenters. The van der Waals surface area contributed by atoms with Crippen LogP contribution >= 0.6 is 0 Å². The molecule has 6 heteroatoms. The van der Waals surface area contributed by atoms with E-state index in [1.54, 1.807) is 24.3 Å². The second-order valence-electron chi connectivity index (χ2n) is 3.86. The van der Waals surface area contributed by atoms with Crippen molar-refractivity contribution in [3.8, 4) is 11.6 Å². The van der Waals surface area contributed by atoms with Crippen LogP contribution in [0.4, 0.5) is 5.69 Å². The second kappa shape index (κ2) is 5.36. The molecule has 0 saturated heterocycles. The van der Waals surface area contributed by atoms with E-state index >= 15 is 0 Å². The normalized spacial score (nSPS) is 10.2. The topological polar surface area (TPSA) is 111 Å². The van der Waals surface area contributed by atoms with Crippen molar-refractivity contribution in [1.82, 2.24) is 4.98 Å². The third-order valence-corrected chi connectivity index (χ3v) is 2.46. The number of amides is 1. The minimum atomic E-state index is -0.652. The summed E-state index contributed by atoms with van der Waals surface area (Å²) in [5.41, 5.74) is 12.0. The Morgan fingerprint density at radius 3 is 2.47 bits per heavy atom. The van der Waals surface area contributed by atoms with E-state index in [2.05, 4.69) is 4.98 Å². The molecule has 0 radical (unpaired) electrons. The smallest absolute Gasteiger partial charge is 0.267 e. The van der Waals surface area contributed by atoms with Crippen molar-refractivity contribution in [3.63, 3.8) is 0 Å². The van der Waals surface area contributed by atoms with E-state index < -0.39 is 5.91 Å². The van der Waals surface area contributed by atoms with Gasteiger partial charge < -0.3 is 21.3 Å². The standard InChI is InChI=1S/C13H13N3O3/c14-10-5-6-11(12(15)18)16-13(10)19-9-3-1-8(7-17)2-4-9/h1-6,17H,7,14H2,(H2,15,18). The Balaban J connectivity index is 2.26. The van der Waals surface area contributed by atoms with Gasteiger partial charge in [0, 0.05) is 0 Å². The number of nitrogen functional groups attached to an aromatic ring is 1. The van der Waals surface area contributed by atoms with Gasteiger partial charge in [0.2, 0.25) is 5.88 Å². The number of aliphatic hydroxyl groups is 1. The third kappa shape index (κ3) is 2.99. The number of aromatic nitrogens is 1. The lowest BCUT2D eigenvalue weighted by Gasteiger charge is -2.08. The van der Waals surface area contributed by atoms with Crippen molar-refractivity contribution in [2.24, 2.45) is 5.73 Å². The van der Waals surface area contributed by atoms with Gasteiger partial charge in [-0.25, -0.2) is 4.98 Å². The predicted molar refractivity (Wildman–Crippen MR) is 69.6 cm³/mol. The number of ether oxygens (including phenoxy) is 1. The van der Waals surface area contributed by atoms with Gasteiger partial charge in [0.15, 0.2) is 0 Å². The first-order valence-corrected chi connectivity index (χ1v) is 5.54. The summed E-state index contributed by atoms with van der Waals surface area (Å²) in [6.07, 6.45) is 0. The number of rotatable bonds is 4. The Labute approximate surface area is 109 Å². The van der Waals surface area contributed by atoms with Gasteiger partial charge in [-0.15, -0.1) is 0 Å². The number of primary amides is 1. The van der Waals surface area contributed by atoms with Gasteiger partial charge in [-0.1, -0.05) is 12.1 Å². The fourth-order valence-electron chi connectivity index (χ4n) is 1.44. The van der Waals surface area contributed by atoms with Gasteiger partial charge in [0.05, 0.1) is 12.3 Å². The van der Waals surface area contributed by atoms with Crippen LogP contribution in [0.2, 0.25) is 0 Å². The lowest BCUT2D eigenvalue weighted by Crippen LogP contribution is -2.13. The van der Waals surface area contributed by atoms with Gasteiger partial charge >= 0.3 is 0 Å². The predicted octanol–water partition coefficient (Wildman–Crippen LogP) is 1.05. The Bertz CT molecular complexity index is 597. The summed E-state index contributed by atoms with van der Waals surface area (Å²) in [7, 11) is 0. The number of nitrogens with two attached hydrogens (primary N) is 2. The zero-order chi connectivity index (χ0) is 13.8. The molecular weight excluding hydrogens is 246 g/mol. The number of hydrogen-bond acceptors (Lipinski definition) is 5. The van der Waals surface area contributed by atoms with Crippen molar-refractivity contribution in [2.75, 3.05) is 5.73 Å². The first-order chi connectivity index (χ1) is 9.10. The van der Waals surface area contributed by atoms with Gasteiger partial charge in [-0.05, 0) is 29.8 Å². The number of benzene rings is 1. The molecule has 0 aliphatic carbocycles. The molecular formula is C13H13N3O3. The average Bonchev–Trinajstić information content (AvgIpc) is 2.42. The number of nitrogens with zero attached hydrogens (tertiary/aromatic N) is 1. The maximum atomic E-state index is 11.0. The first kappa shape index (κ1) is 12.8. The molecule has 0 spiro atoms. The molecule has 0 saturated carbocycles. The van der Waals surface area contributed by atoms with Crippen molar-refractivity contribution in [2.45, 2.75) is 6.61 Å². The minimum Gasteiger partial charge on any atom is -0.437 e. The molecule has 1 amide bonds. The average molecular weight is 259 g/mol. The highest BCUT2D eigenvalue weighted by Gasteiger charge is 2.09. The molecule has 0 fully saturated rings. The van der Waals surface area contributed by atoms with Crippen molar-refractivity contribution >= 4 is 11.6 Å². The van der Waals surface area contributed by atoms with E-state index in [1.165, 1.54) is 12.1 Å². The molecule has 0 atom stereocenters. The van der Waals surface area contributed by atoms with Crippen LogP contribution in [-0.4, -0.2) is 16.0 Å². The van der Waals surface area contributed by atoms with Crippen LogP contribution in [0.1, 0.15) is 16.1 Å². The van der Waals surface area contributed by atoms with Crippen molar-refractivity contribution < 1.29 is 14.6 Å². The van der Waals surface area contributed by atoms with Crippen LogP contribution in [0.15, 0.2) is 36.4 Å². The van der Waals surface area contributed by atoms with Crippen LogP contribution in [0.5, 0.6) is 11.6 Å². The quantitative estimate of drug-likeness (QED) is 0.759. The van der Waals surface area contributed by atoms with E-state index in [9.17, 15) is 4.79 Å². The van der Waals surface area contributed by atoms with Crippen LogP contribution in [-0.2, 0) is 6.61 Å². The maximum absolute atomic E-state index is 11.0. The molecule has 0 bridgehead atoms. The van der Waals surface area contributed by atoms with E-state index in [1.807, 2.05) is 0 Å². The summed E-state index contributed by atoms with van der Waals surface area (Å²) in [4.78, 5) is 15.0. The van der Waals surface area contributed by atoms with Gasteiger partial charge in [-0.3, -0.25) is 4.79 Å². The summed E-state index contributed by atoms with van der Waals surface area (Å²) < 4.78 is 5.47. The zero-order valence-electron chi connectivity index (χ0n) is 10.0. The Morgan fingerprint density at radius 2 is 1.89 bits per heavy atom. The van der Waals surface area contributed by atoms with Gasteiger partial charge in [-0.2, -0.15) is 0 Å². The minimum absolute atomic E-state index is 0.0438. The number of carbonyl (C=O) groups excluding carboxylic acids is 1. The maximum Gasteiger partial charge on any atom is 0.267 e. The fourth-order valence-corrected chi connectivity index (χ4v) is 1.44. The first-order valence-electron chi connectivity index (χ1n) is 5.54. The van der Waals surface area contributed by atoms with Crippen LogP contribution in [0, 0.1) is 0 Å². The number of anilines is 1. The van der Waals surface area contributed by atoms with Crippen molar-refractivity contribution in [3.05, 3.63) is 47.7 Å². The highest BCUT2D eigenvalue weighted by atomic mass is 16.5. The number of aliphatic hydroxyl groups excluding tert-OH is 1. The molecule has 1 aromatic heterocycles. The number of pyridine rings is 1. The Morgan fingerprint density at radius 1 is 1.21 bits per heavy atom. The molecule has 19 heavy (non-hydrogen) atoms. The molecule has 2 rings (SSSR count). The van der Waals surface area contributed by atoms with E-state index in [0.717, 1.165) is 5.56 Å². The van der Waals surface area contributed by atoms with Crippen molar-refractivity contribution in [1.29, 1.82) is 0 Å². The lowest BCUT2D eigenvalue weighted by molar-refractivity contribution is 0.0995. The fraction of sp³-hybridized carbons (Fsp3) is 0.0769. The largest absolute Gasteiger partial charge is 0.437 e. The molecule has 1 heterocycles. The van der Waals surface area contributed by atoms with E-state index in [0.29, 0.717) is 11.4 Å². The molecule has 0 aliphatic heterocycles. The SMILES string of the molecule is NC(=O)c1ccc(N)c(Oc2ccc(CO)cc2)n1. The molecule has 6 nitrogen and oxygen atoms in total. The molecule has 1 aromatic carbocycles. The zero-order valence-corrected chi connectivity index (χ0v) is 10.0. The summed E-state index contributed by atoms with van der Waals surface area (Å²) in [5.74, 6) is -0.0356. The Kier molecular flexibility index (Phi) is 3.63. The highest BCUT2D eigenvalue weighted by Crippen LogP contribution is 2.25. The highest BCUT2D eigenvalue weighted by molar-refractivity contribution is 5.91. The van der Waals surface area contributed by atoms with Crippen LogP contribution in [0.3, 0.4) is 0 Å². The lowest BCUT2D eigenvalue weighted by atomic mass is 10.2. The monoisotopic (exact) mass is 259 g/mol. The Hall–Kier alpha value is -2.60. The molecule has 5 N–H and O–H groups in total. The summed E-state index contributed by atoms with van der Waals surface area (Å²) in [5, 5.41) is 8.94. The summed E-state index contributed by atoms with van der Waals surface area (Å²) in [6.45, 7) is -0.0438. The van der Waals surface area contributed by atoms with Crippen LogP contribution in [0.25, 0.3) is 0 Å². The summed E-state index contributed by atoms with van der Waals surface area (Å²) >= 11 is 0. The van der Waals surface area contributed by atoms with E-state index in [4.69, 9.17) is 21.3 Å². The second-order valence-corrected chi connectivity index (χ2v) is 3.86. The molecule has 98 valence electrons. The molecule has 2 aromatic rings. The van der Waals surface area contributed by atoms with E-state index in [-0.39, 0.29) is 18.2 Å².